The van der Waals surface area contributed by atoms with Gasteiger partial charge in [-0.3, -0.25) is 0 Å². The van der Waals surface area contributed by atoms with Crippen LogP contribution in [-0.4, -0.2) is 36.6 Å². The van der Waals surface area contributed by atoms with Crippen molar-refractivity contribution in [2.24, 2.45) is 0 Å². The molecule has 5 heteroatoms. The van der Waals surface area contributed by atoms with Crippen LogP contribution in [0.4, 0.5) is 10.5 Å². The first-order valence-electron chi connectivity index (χ1n) is 6.41. The highest BCUT2D eigenvalue weighted by Crippen LogP contribution is 2.11. The molecule has 0 aliphatic heterocycles. The summed E-state index contributed by atoms with van der Waals surface area (Å²) in [6.45, 7) is 3.02. The molecule has 0 heterocycles. The molecule has 0 atom stereocenters. The molecule has 0 bridgehead atoms. The Hall–Kier alpha value is -1.62. The maximum absolute atomic E-state index is 11.6. The molecule has 0 saturated carbocycles. The van der Waals surface area contributed by atoms with E-state index < -0.39 is 0 Å². The number of hydrogen-bond acceptors (Lipinski definition) is 2. The third-order valence-electron chi connectivity index (χ3n) is 2.60. The number of nitrogens with zero attached hydrogens (tertiary/aromatic N) is 1. The summed E-state index contributed by atoms with van der Waals surface area (Å²) in [6, 6.07) is 7.39. The standard InChI is InChI=1S/C14H21N3OS/c1-4-5-9-15-13(19)11-7-6-8-12(10-11)16-14(18)17(2)3/h6-8,10H,4-5,9H2,1-3H3,(H,15,19)(H,16,18). The van der Waals surface area contributed by atoms with Crippen LogP contribution in [0.3, 0.4) is 0 Å². The molecule has 1 aromatic carbocycles. The van der Waals surface area contributed by atoms with Crippen LogP contribution < -0.4 is 10.6 Å². The van der Waals surface area contributed by atoms with E-state index in [1.54, 1.807) is 14.1 Å². The lowest BCUT2D eigenvalue weighted by Crippen LogP contribution is -2.27. The van der Waals surface area contributed by atoms with Gasteiger partial charge in [-0.1, -0.05) is 37.7 Å². The van der Waals surface area contributed by atoms with Crippen molar-refractivity contribution in [3.63, 3.8) is 0 Å². The average Bonchev–Trinajstić information content (AvgIpc) is 2.39. The molecule has 0 fully saturated rings. The highest BCUT2D eigenvalue weighted by atomic mass is 32.1. The minimum absolute atomic E-state index is 0.151. The monoisotopic (exact) mass is 279 g/mol. The van der Waals surface area contributed by atoms with Crippen molar-refractivity contribution in [2.75, 3.05) is 26.0 Å². The number of unbranched alkanes of at least 4 members (excludes halogenated alkanes) is 1. The summed E-state index contributed by atoms with van der Waals surface area (Å²) in [5, 5.41) is 6.01. The molecule has 0 aromatic heterocycles. The maximum Gasteiger partial charge on any atom is 0.321 e. The van der Waals surface area contributed by atoms with E-state index in [1.165, 1.54) is 4.90 Å². The Kier molecular flexibility index (Phi) is 6.29. The van der Waals surface area contributed by atoms with Crippen LogP contribution >= 0.6 is 12.2 Å². The molecule has 1 rings (SSSR count). The summed E-state index contributed by atoms with van der Waals surface area (Å²) in [7, 11) is 3.41. The Balaban J connectivity index is 2.66. The molecular weight excluding hydrogens is 258 g/mol. The van der Waals surface area contributed by atoms with Gasteiger partial charge in [-0.05, 0) is 18.6 Å². The fourth-order valence-electron chi connectivity index (χ4n) is 1.45. The summed E-state index contributed by atoms with van der Waals surface area (Å²) >= 11 is 5.32. The summed E-state index contributed by atoms with van der Waals surface area (Å²) in [5.41, 5.74) is 1.67. The van der Waals surface area contributed by atoms with Gasteiger partial charge in [0, 0.05) is 31.9 Å². The second-order valence-electron chi connectivity index (χ2n) is 4.51. The highest BCUT2D eigenvalue weighted by molar-refractivity contribution is 7.80. The third kappa shape index (κ3) is 5.26. The van der Waals surface area contributed by atoms with Crippen LogP contribution in [-0.2, 0) is 0 Å². The lowest BCUT2D eigenvalue weighted by molar-refractivity contribution is 0.230. The Morgan fingerprint density at radius 3 is 2.74 bits per heavy atom. The minimum Gasteiger partial charge on any atom is -0.376 e. The van der Waals surface area contributed by atoms with Crippen molar-refractivity contribution in [1.82, 2.24) is 10.2 Å². The molecule has 19 heavy (non-hydrogen) atoms. The van der Waals surface area contributed by atoms with Crippen LogP contribution in [0.2, 0.25) is 0 Å². The highest BCUT2D eigenvalue weighted by Gasteiger charge is 2.06. The first-order chi connectivity index (χ1) is 9.04. The van der Waals surface area contributed by atoms with Gasteiger partial charge in [-0.15, -0.1) is 0 Å². The zero-order chi connectivity index (χ0) is 14.3. The van der Waals surface area contributed by atoms with E-state index in [-0.39, 0.29) is 6.03 Å². The second-order valence-corrected chi connectivity index (χ2v) is 4.92. The van der Waals surface area contributed by atoms with Gasteiger partial charge in [-0.2, -0.15) is 0 Å². The minimum atomic E-state index is -0.151. The summed E-state index contributed by atoms with van der Waals surface area (Å²) in [4.78, 5) is 13.8. The first kappa shape index (κ1) is 15.4. The molecular formula is C14H21N3OS. The zero-order valence-electron chi connectivity index (χ0n) is 11.7. The number of hydrogen-bond donors (Lipinski definition) is 2. The number of benzene rings is 1. The molecule has 0 aliphatic carbocycles. The smallest absolute Gasteiger partial charge is 0.321 e. The largest absolute Gasteiger partial charge is 0.376 e. The van der Waals surface area contributed by atoms with E-state index in [4.69, 9.17) is 12.2 Å². The SMILES string of the molecule is CCCCNC(=S)c1cccc(NC(=O)N(C)C)c1. The van der Waals surface area contributed by atoms with Crippen LogP contribution in [0, 0.1) is 0 Å². The Bertz CT molecular complexity index is 446. The fraction of sp³-hybridized carbons (Fsp3) is 0.429. The number of nitrogens with one attached hydrogen (secondary N) is 2. The average molecular weight is 279 g/mol. The number of carbonyl (C=O) groups is 1. The molecule has 0 unspecified atom stereocenters. The van der Waals surface area contributed by atoms with Gasteiger partial charge in [0.1, 0.15) is 4.99 Å². The van der Waals surface area contributed by atoms with Crippen molar-refractivity contribution in [3.8, 4) is 0 Å². The summed E-state index contributed by atoms with van der Waals surface area (Å²) < 4.78 is 0. The molecule has 4 nitrogen and oxygen atoms in total. The quantitative estimate of drug-likeness (QED) is 0.643. The third-order valence-corrected chi connectivity index (χ3v) is 2.98. The van der Waals surface area contributed by atoms with Crippen LogP contribution in [0.15, 0.2) is 24.3 Å². The fourth-order valence-corrected chi connectivity index (χ4v) is 1.68. The lowest BCUT2D eigenvalue weighted by atomic mass is 10.2. The summed E-state index contributed by atoms with van der Waals surface area (Å²) in [6.07, 6.45) is 2.23. The van der Waals surface area contributed by atoms with Gasteiger partial charge in [0.05, 0.1) is 0 Å². The van der Waals surface area contributed by atoms with Crippen molar-refractivity contribution in [1.29, 1.82) is 0 Å². The predicted octanol–water partition coefficient (Wildman–Crippen LogP) is 2.85. The van der Waals surface area contributed by atoms with Gasteiger partial charge in [0.2, 0.25) is 0 Å². The van der Waals surface area contributed by atoms with E-state index >= 15 is 0 Å². The Morgan fingerprint density at radius 1 is 1.37 bits per heavy atom. The van der Waals surface area contributed by atoms with E-state index in [0.29, 0.717) is 0 Å². The zero-order valence-corrected chi connectivity index (χ0v) is 12.5. The molecule has 0 aliphatic rings. The van der Waals surface area contributed by atoms with Gasteiger partial charge in [-0.25, -0.2) is 4.79 Å². The van der Waals surface area contributed by atoms with E-state index in [1.807, 2.05) is 24.3 Å². The van der Waals surface area contributed by atoms with Crippen LogP contribution in [0.5, 0.6) is 0 Å². The molecule has 0 radical (unpaired) electrons. The number of carbonyl (C=O) groups excluding carboxylic acids is 1. The first-order valence-corrected chi connectivity index (χ1v) is 6.82. The molecule has 2 N–H and O–H groups in total. The van der Waals surface area contributed by atoms with Crippen molar-refractivity contribution < 1.29 is 4.79 Å². The number of amides is 2. The van der Waals surface area contributed by atoms with E-state index in [0.717, 1.165) is 35.6 Å². The van der Waals surface area contributed by atoms with Gasteiger partial charge in [0.25, 0.3) is 0 Å². The van der Waals surface area contributed by atoms with Crippen molar-refractivity contribution in [3.05, 3.63) is 29.8 Å². The number of thiocarbonyl (C=S) groups is 1. The lowest BCUT2D eigenvalue weighted by Gasteiger charge is -2.13. The van der Waals surface area contributed by atoms with Gasteiger partial charge >= 0.3 is 6.03 Å². The molecule has 0 saturated heterocycles. The van der Waals surface area contributed by atoms with Crippen LogP contribution in [0.25, 0.3) is 0 Å². The predicted molar refractivity (Wildman–Crippen MR) is 83.8 cm³/mol. The Morgan fingerprint density at radius 2 is 2.11 bits per heavy atom. The van der Waals surface area contributed by atoms with Crippen molar-refractivity contribution >= 4 is 28.9 Å². The van der Waals surface area contributed by atoms with Gasteiger partial charge < -0.3 is 15.5 Å². The topological polar surface area (TPSA) is 44.4 Å². The molecule has 2 amide bonds. The second kappa shape index (κ2) is 7.74. The normalized spacial score (nSPS) is 9.84. The molecule has 104 valence electrons. The maximum atomic E-state index is 11.6. The number of rotatable bonds is 5. The van der Waals surface area contributed by atoms with Crippen molar-refractivity contribution in [2.45, 2.75) is 19.8 Å². The molecule has 0 spiro atoms. The Labute approximate surface area is 120 Å². The van der Waals surface area contributed by atoms with Crippen LogP contribution in [0.1, 0.15) is 25.3 Å². The molecule has 1 aromatic rings. The number of urea groups is 1. The number of anilines is 1. The van der Waals surface area contributed by atoms with E-state index in [2.05, 4.69) is 17.6 Å². The summed E-state index contributed by atoms with van der Waals surface area (Å²) in [5.74, 6) is 0. The van der Waals surface area contributed by atoms with E-state index in [9.17, 15) is 4.79 Å². The van der Waals surface area contributed by atoms with Gasteiger partial charge in [0.15, 0.2) is 0 Å².